The molecule has 16 heteroatoms. The molecule has 0 saturated heterocycles. The number of carbonyl (C=O) groups excluding carboxylic acids is 1. The van der Waals surface area contributed by atoms with E-state index in [0.717, 1.165) is 61.8 Å². The minimum absolute atomic E-state index is 0.202. The first-order valence-electron chi connectivity index (χ1n) is 15.8. The van der Waals surface area contributed by atoms with Crippen molar-refractivity contribution in [1.29, 1.82) is 0 Å². The Morgan fingerprint density at radius 1 is 0.800 bits per heavy atom. The van der Waals surface area contributed by atoms with Gasteiger partial charge in [0.2, 0.25) is 0 Å². The van der Waals surface area contributed by atoms with Crippen molar-refractivity contribution in [3.05, 3.63) is 60.7 Å². The average molecular weight is 726 g/mol. The highest BCUT2D eigenvalue weighted by Gasteiger charge is 2.57. The van der Waals surface area contributed by atoms with E-state index in [0.29, 0.717) is 29.3 Å². The van der Waals surface area contributed by atoms with Gasteiger partial charge in [0.25, 0.3) is 0 Å². The van der Waals surface area contributed by atoms with Crippen LogP contribution in [0.4, 0.5) is 35.1 Å². The number of carbonyl (C=O) groups is 1. The first-order chi connectivity index (χ1) is 23.4. The van der Waals surface area contributed by atoms with Gasteiger partial charge >= 0.3 is 30.8 Å². The Hall–Kier alpha value is -3.89. The Labute approximate surface area is 283 Å². The zero-order valence-corrected chi connectivity index (χ0v) is 27.7. The summed E-state index contributed by atoms with van der Waals surface area (Å²) >= 11 is 0. The van der Waals surface area contributed by atoms with Gasteiger partial charge in [0.1, 0.15) is 11.5 Å². The number of halogens is 8. The van der Waals surface area contributed by atoms with E-state index in [4.69, 9.17) is 9.47 Å². The number of aromatic nitrogens is 1. The summed E-state index contributed by atoms with van der Waals surface area (Å²) in [7, 11) is 1.56. The molecule has 0 amide bonds. The molecule has 0 atom stereocenters. The van der Waals surface area contributed by atoms with Gasteiger partial charge in [0, 0.05) is 29.6 Å². The quantitative estimate of drug-likeness (QED) is 0.0336. The Morgan fingerprint density at radius 2 is 1.44 bits per heavy atom. The van der Waals surface area contributed by atoms with Crippen LogP contribution in [0.3, 0.4) is 0 Å². The summed E-state index contributed by atoms with van der Waals surface area (Å²) in [5, 5.41) is 0.708. The van der Waals surface area contributed by atoms with Gasteiger partial charge in [0.05, 0.1) is 18.3 Å². The molecular weight excluding hydrogens is 686 g/mol. The predicted molar refractivity (Wildman–Crippen MR) is 166 cm³/mol. The van der Waals surface area contributed by atoms with E-state index in [9.17, 15) is 39.9 Å². The van der Waals surface area contributed by atoms with E-state index in [1.54, 1.807) is 13.2 Å². The lowest BCUT2D eigenvalue weighted by Crippen LogP contribution is -2.46. The first kappa shape index (κ1) is 40.5. The van der Waals surface area contributed by atoms with E-state index in [-0.39, 0.29) is 5.75 Å². The van der Waals surface area contributed by atoms with Crippen molar-refractivity contribution in [2.24, 2.45) is 0 Å². The van der Waals surface area contributed by atoms with Crippen LogP contribution in [-0.4, -0.2) is 55.7 Å². The molecule has 0 unspecified atom stereocenters. The van der Waals surface area contributed by atoms with Crippen LogP contribution in [0.5, 0.6) is 11.5 Å². The Kier molecular flexibility index (Phi) is 14.1. The molecule has 0 saturated carbocycles. The first-order valence-corrected chi connectivity index (χ1v) is 15.8. The summed E-state index contributed by atoms with van der Waals surface area (Å²) in [6.07, 6.45) is -14.7. The summed E-state index contributed by atoms with van der Waals surface area (Å²) in [6, 6.07) is 12.1. The van der Waals surface area contributed by atoms with E-state index >= 15 is 0 Å². The third-order valence-electron chi connectivity index (χ3n) is 7.20. The number of fused-ring (bicyclic) bond motifs is 1. The molecule has 3 aromatic rings. The highest BCUT2D eigenvalue weighted by molar-refractivity contribution is 5.89. The molecule has 278 valence electrons. The van der Waals surface area contributed by atoms with E-state index in [2.05, 4.69) is 32.5 Å². The zero-order valence-electron chi connectivity index (χ0n) is 27.7. The Bertz CT molecular complexity index is 1580. The molecule has 0 aliphatic rings. The molecule has 0 bridgehead atoms. The minimum Gasteiger partial charge on any atom is -0.496 e. The fourth-order valence-corrected chi connectivity index (χ4v) is 4.96. The van der Waals surface area contributed by atoms with Gasteiger partial charge in [-0.1, -0.05) is 52.2 Å². The number of hydrogen-bond acceptors (Lipinski definition) is 7. The van der Waals surface area contributed by atoms with Crippen LogP contribution in [0.1, 0.15) is 57.9 Å². The minimum atomic E-state index is -5.88. The highest BCUT2D eigenvalue weighted by atomic mass is 19.3. The Morgan fingerprint density at radius 3 is 2.06 bits per heavy atom. The summed E-state index contributed by atoms with van der Waals surface area (Å²) < 4.78 is 136. The van der Waals surface area contributed by atoms with Crippen LogP contribution >= 0.6 is 0 Å². The van der Waals surface area contributed by atoms with Gasteiger partial charge in [-0.05, 0) is 55.2 Å². The van der Waals surface area contributed by atoms with Crippen molar-refractivity contribution < 1.29 is 68.3 Å². The molecule has 0 radical (unpaired) electrons. The predicted octanol–water partition coefficient (Wildman–Crippen LogP) is 9.68. The molecule has 2 aromatic carbocycles. The van der Waals surface area contributed by atoms with Crippen LogP contribution < -0.4 is 9.47 Å². The fourth-order valence-electron chi connectivity index (χ4n) is 4.96. The van der Waals surface area contributed by atoms with Gasteiger partial charge in [-0.3, -0.25) is 0 Å². The standard InChI is InChI=1S/C34H39F8NO7/c1-5-8-10-12-23-13-16-26(29(18-23)45-4)28-19-24-14-15-25(20-27(24)43(28)17-11-9-6-2)46-21-31(35,36)48-33(39,40)50-34(41,42)49-32(37,38)22-47-30(44)7-3/h7,13-16,18-20H,3,5-6,8-12,17,21-22H2,1-2,4H3. The summed E-state index contributed by atoms with van der Waals surface area (Å²) in [6.45, 7) is 3.51. The van der Waals surface area contributed by atoms with Gasteiger partial charge in [-0.15, -0.1) is 17.6 Å². The number of alkyl halides is 8. The third-order valence-corrected chi connectivity index (χ3v) is 7.20. The van der Waals surface area contributed by atoms with Crippen molar-refractivity contribution in [2.45, 2.75) is 90.1 Å². The fraction of sp³-hybridized carbons (Fsp3) is 0.500. The SMILES string of the molecule is C=CC(=O)OCC(F)(F)OC(F)(F)OC(F)(F)OC(F)(F)COc1ccc2cc(-c3ccc(CCCCC)cc3OC)n(CCCCC)c2c1. The van der Waals surface area contributed by atoms with Crippen molar-refractivity contribution in [2.75, 3.05) is 20.3 Å². The molecular formula is C34H39F8NO7. The number of benzene rings is 2. The largest absolute Gasteiger partial charge is 0.496 e. The molecule has 0 spiro atoms. The van der Waals surface area contributed by atoms with Gasteiger partial charge in [0.15, 0.2) is 13.2 Å². The number of esters is 1. The molecule has 0 aliphatic carbocycles. The van der Waals surface area contributed by atoms with Crippen LogP contribution in [0.25, 0.3) is 22.2 Å². The highest BCUT2D eigenvalue weighted by Crippen LogP contribution is 2.39. The lowest BCUT2D eigenvalue weighted by atomic mass is 10.0. The number of rotatable bonds is 22. The van der Waals surface area contributed by atoms with E-state index in [1.807, 2.05) is 35.8 Å². The van der Waals surface area contributed by atoms with Crippen molar-refractivity contribution >= 4 is 16.9 Å². The van der Waals surface area contributed by atoms with E-state index in [1.165, 1.54) is 12.1 Å². The average Bonchev–Trinajstić information content (AvgIpc) is 3.38. The van der Waals surface area contributed by atoms with Crippen LogP contribution in [0.15, 0.2) is 55.1 Å². The zero-order chi connectivity index (χ0) is 37.2. The number of aryl methyl sites for hydroxylation is 2. The van der Waals surface area contributed by atoms with Crippen LogP contribution in [0.2, 0.25) is 0 Å². The summed E-state index contributed by atoms with van der Waals surface area (Å²) in [4.78, 5) is 10.8. The summed E-state index contributed by atoms with van der Waals surface area (Å²) in [5.74, 6) is -1.03. The smallest absolute Gasteiger partial charge is 0.496 e. The number of unbranched alkanes of at least 4 members (excludes halogenated alkanes) is 4. The second kappa shape index (κ2) is 17.4. The molecule has 0 aliphatic heterocycles. The number of hydrogen-bond donors (Lipinski definition) is 0. The molecule has 0 fully saturated rings. The maximum Gasteiger partial charge on any atom is 0.496 e. The molecule has 8 nitrogen and oxygen atoms in total. The second-order valence-corrected chi connectivity index (χ2v) is 11.2. The lowest BCUT2D eigenvalue weighted by molar-refractivity contribution is -0.574. The summed E-state index contributed by atoms with van der Waals surface area (Å²) in [5.41, 5.74) is 3.25. The third kappa shape index (κ3) is 12.2. The normalized spacial score (nSPS) is 12.7. The van der Waals surface area contributed by atoms with Crippen molar-refractivity contribution in [3.63, 3.8) is 0 Å². The van der Waals surface area contributed by atoms with Crippen molar-refractivity contribution in [1.82, 2.24) is 4.57 Å². The molecule has 0 N–H and O–H groups in total. The van der Waals surface area contributed by atoms with E-state index < -0.39 is 44.0 Å². The maximum absolute atomic E-state index is 14.4. The van der Waals surface area contributed by atoms with Gasteiger partial charge in [-0.2, -0.15) is 17.6 Å². The monoisotopic (exact) mass is 725 g/mol. The molecule has 1 aromatic heterocycles. The second-order valence-electron chi connectivity index (χ2n) is 11.2. The van der Waals surface area contributed by atoms with Gasteiger partial charge < -0.3 is 18.8 Å². The lowest BCUT2D eigenvalue weighted by Gasteiger charge is -2.27. The topological polar surface area (TPSA) is 77.4 Å². The number of nitrogens with zero attached hydrogens (tertiary/aromatic N) is 1. The molecule has 3 rings (SSSR count). The van der Waals surface area contributed by atoms with Crippen LogP contribution in [0, 0.1) is 0 Å². The van der Waals surface area contributed by atoms with Crippen LogP contribution in [-0.2, 0) is 36.7 Å². The maximum atomic E-state index is 14.4. The number of methoxy groups -OCH3 is 1. The number of ether oxygens (including phenoxy) is 6. The van der Waals surface area contributed by atoms with Crippen molar-refractivity contribution in [3.8, 4) is 22.8 Å². The van der Waals surface area contributed by atoms with Gasteiger partial charge in [-0.25, -0.2) is 19.0 Å². The Balaban J connectivity index is 1.78. The molecule has 1 heterocycles. The molecule has 50 heavy (non-hydrogen) atoms.